The van der Waals surface area contributed by atoms with Crippen molar-refractivity contribution in [2.75, 3.05) is 6.54 Å². The highest BCUT2D eigenvalue weighted by molar-refractivity contribution is 5.85. The number of nitrogens with one attached hydrogen (secondary N) is 1. The number of hydrogen-bond donors (Lipinski definition) is 2. The van der Waals surface area contributed by atoms with E-state index in [0.29, 0.717) is 6.54 Å². The van der Waals surface area contributed by atoms with Crippen LogP contribution in [0.1, 0.15) is 19.4 Å². The minimum Gasteiger partial charge on any atom is -0.379 e. The van der Waals surface area contributed by atoms with Gasteiger partial charge in [-0.3, -0.25) is 0 Å². The van der Waals surface area contributed by atoms with Gasteiger partial charge in [0.2, 0.25) is 0 Å². The van der Waals surface area contributed by atoms with Crippen LogP contribution < -0.4 is 5.32 Å². The van der Waals surface area contributed by atoms with E-state index in [4.69, 9.17) is 0 Å². The molecule has 0 fully saturated rings. The maximum Gasteiger partial charge on any atom is 0.418 e. The lowest BCUT2D eigenvalue weighted by Crippen LogP contribution is -2.56. The summed E-state index contributed by atoms with van der Waals surface area (Å²) >= 11 is 0. The Labute approximate surface area is 117 Å². The topological polar surface area (TPSA) is 32.3 Å². The fourth-order valence-corrected chi connectivity index (χ4v) is 1.62. The van der Waals surface area contributed by atoms with Gasteiger partial charge < -0.3 is 10.4 Å². The van der Waals surface area contributed by atoms with Crippen LogP contribution in [-0.2, 0) is 6.54 Å². The molecule has 6 heteroatoms. The first kappa shape index (κ1) is 18.2. The number of halogens is 4. The summed E-state index contributed by atoms with van der Waals surface area (Å²) in [5, 5.41) is 12.4. The predicted molar refractivity (Wildman–Crippen MR) is 71.2 cm³/mol. The average molecular weight is 298 g/mol. The number of aliphatic hydroxyl groups is 1. The summed E-state index contributed by atoms with van der Waals surface area (Å²) in [7, 11) is 0. The highest BCUT2D eigenvalue weighted by Crippen LogP contribution is 2.35. The van der Waals surface area contributed by atoms with E-state index in [1.807, 2.05) is 30.3 Å². The Morgan fingerprint density at radius 3 is 2.11 bits per heavy atom. The van der Waals surface area contributed by atoms with Crippen molar-refractivity contribution in [3.05, 3.63) is 35.9 Å². The van der Waals surface area contributed by atoms with Crippen molar-refractivity contribution >= 4 is 12.4 Å². The highest BCUT2D eigenvalue weighted by atomic mass is 35.5. The fraction of sp³-hybridized carbons (Fsp3) is 0.538. The zero-order chi connectivity index (χ0) is 13.8. The van der Waals surface area contributed by atoms with Gasteiger partial charge in [0.15, 0.2) is 5.60 Å². The molecule has 0 amide bonds. The Bertz CT molecular complexity index is 370. The molecule has 0 saturated heterocycles. The van der Waals surface area contributed by atoms with Crippen LogP contribution in [0.25, 0.3) is 0 Å². The monoisotopic (exact) mass is 297 g/mol. The third-order valence-electron chi connectivity index (χ3n) is 3.01. The quantitative estimate of drug-likeness (QED) is 0.875. The molecule has 1 rings (SSSR count). The molecule has 1 aromatic rings. The number of rotatable bonds is 5. The van der Waals surface area contributed by atoms with Gasteiger partial charge in [-0.05, 0) is 11.5 Å². The second kappa shape index (κ2) is 7.12. The second-order valence-electron chi connectivity index (χ2n) is 4.67. The lowest BCUT2D eigenvalue weighted by molar-refractivity contribution is -0.273. The van der Waals surface area contributed by atoms with Crippen molar-refractivity contribution in [1.29, 1.82) is 0 Å². The Morgan fingerprint density at radius 1 is 1.16 bits per heavy atom. The van der Waals surface area contributed by atoms with Gasteiger partial charge in [-0.1, -0.05) is 44.2 Å². The molecule has 110 valence electrons. The largest absolute Gasteiger partial charge is 0.418 e. The normalized spacial score (nSPS) is 14.9. The van der Waals surface area contributed by atoms with Gasteiger partial charge in [-0.2, -0.15) is 13.2 Å². The van der Waals surface area contributed by atoms with Crippen LogP contribution in [0, 0.1) is 5.92 Å². The Hall–Kier alpha value is -0.780. The molecule has 0 heterocycles. The standard InChI is InChI=1S/C13H18F3NO.ClH/c1-10(2)12(18,13(14,15)16)9-17-8-11-6-4-3-5-7-11;/h3-7,10,17-18H,8-9H2,1-2H3;1H/t12-;/m1./s1. The second-order valence-corrected chi connectivity index (χ2v) is 4.67. The van der Waals surface area contributed by atoms with Crippen molar-refractivity contribution < 1.29 is 18.3 Å². The molecule has 0 aliphatic rings. The van der Waals surface area contributed by atoms with Crippen molar-refractivity contribution in [2.24, 2.45) is 5.92 Å². The first-order valence-corrected chi connectivity index (χ1v) is 5.81. The molecule has 0 aliphatic carbocycles. The zero-order valence-corrected chi connectivity index (χ0v) is 11.7. The first-order valence-electron chi connectivity index (χ1n) is 5.81. The van der Waals surface area contributed by atoms with Crippen LogP contribution in [-0.4, -0.2) is 23.4 Å². The van der Waals surface area contributed by atoms with Crippen LogP contribution in [0.5, 0.6) is 0 Å². The van der Waals surface area contributed by atoms with Crippen molar-refractivity contribution in [2.45, 2.75) is 32.2 Å². The molecule has 1 atom stereocenters. The summed E-state index contributed by atoms with van der Waals surface area (Å²) in [4.78, 5) is 0. The minimum absolute atomic E-state index is 0. The van der Waals surface area contributed by atoms with Crippen molar-refractivity contribution in [3.63, 3.8) is 0 Å². The maximum atomic E-state index is 12.8. The molecule has 1 aromatic carbocycles. The van der Waals surface area contributed by atoms with Gasteiger partial charge in [0.25, 0.3) is 0 Å². The van der Waals surface area contributed by atoms with E-state index in [-0.39, 0.29) is 12.4 Å². The lowest BCUT2D eigenvalue weighted by Gasteiger charge is -2.34. The number of hydrogen-bond acceptors (Lipinski definition) is 2. The Kier molecular flexibility index (Phi) is 6.83. The third kappa shape index (κ3) is 4.67. The molecule has 0 radical (unpaired) electrons. The van der Waals surface area contributed by atoms with E-state index in [1.54, 1.807) is 0 Å². The third-order valence-corrected chi connectivity index (χ3v) is 3.01. The summed E-state index contributed by atoms with van der Waals surface area (Å²) in [5.41, 5.74) is -1.81. The lowest BCUT2D eigenvalue weighted by atomic mass is 9.89. The van der Waals surface area contributed by atoms with Gasteiger partial charge in [0.1, 0.15) is 0 Å². The van der Waals surface area contributed by atoms with Gasteiger partial charge >= 0.3 is 6.18 Å². The molecular formula is C13H19ClF3NO. The molecule has 0 bridgehead atoms. The van der Waals surface area contributed by atoms with Crippen LogP contribution in [0.3, 0.4) is 0 Å². The number of alkyl halides is 3. The minimum atomic E-state index is -4.63. The van der Waals surface area contributed by atoms with Crippen LogP contribution in [0.2, 0.25) is 0 Å². The molecule has 0 saturated carbocycles. The predicted octanol–water partition coefficient (Wildman–Crippen LogP) is 3.15. The van der Waals surface area contributed by atoms with Crippen molar-refractivity contribution in [1.82, 2.24) is 5.32 Å². The molecule has 0 aliphatic heterocycles. The molecule has 2 N–H and O–H groups in total. The Morgan fingerprint density at radius 2 is 1.68 bits per heavy atom. The molecule has 0 aromatic heterocycles. The molecule has 0 unspecified atom stereocenters. The van der Waals surface area contributed by atoms with E-state index in [9.17, 15) is 18.3 Å². The van der Waals surface area contributed by atoms with Crippen LogP contribution in [0.15, 0.2) is 30.3 Å². The highest BCUT2D eigenvalue weighted by Gasteiger charge is 2.55. The summed E-state index contributed by atoms with van der Waals surface area (Å²) in [6, 6.07) is 9.10. The van der Waals surface area contributed by atoms with E-state index in [0.717, 1.165) is 5.56 Å². The van der Waals surface area contributed by atoms with Gasteiger partial charge in [-0.15, -0.1) is 12.4 Å². The molecule has 2 nitrogen and oxygen atoms in total. The van der Waals surface area contributed by atoms with E-state index >= 15 is 0 Å². The SMILES string of the molecule is CC(C)[C@](O)(CNCc1ccccc1)C(F)(F)F.Cl. The molecular weight excluding hydrogens is 279 g/mol. The average Bonchev–Trinajstić information content (AvgIpc) is 2.28. The summed E-state index contributed by atoms with van der Waals surface area (Å²) in [6.45, 7) is 2.50. The zero-order valence-electron chi connectivity index (χ0n) is 10.9. The summed E-state index contributed by atoms with van der Waals surface area (Å²) in [5.74, 6) is -0.902. The Balaban J connectivity index is 0.00000324. The molecule has 0 spiro atoms. The van der Waals surface area contributed by atoms with Crippen LogP contribution >= 0.6 is 12.4 Å². The first-order chi connectivity index (χ1) is 8.27. The fourth-order valence-electron chi connectivity index (χ4n) is 1.62. The summed E-state index contributed by atoms with van der Waals surface area (Å²) < 4.78 is 38.4. The number of benzene rings is 1. The van der Waals surface area contributed by atoms with E-state index in [2.05, 4.69) is 5.32 Å². The summed E-state index contributed by atoms with van der Waals surface area (Å²) in [6.07, 6.45) is -4.63. The van der Waals surface area contributed by atoms with E-state index in [1.165, 1.54) is 13.8 Å². The van der Waals surface area contributed by atoms with Gasteiger partial charge in [0.05, 0.1) is 0 Å². The van der Waals surface area contributed by atoms with Crippen molar-refractivity contribution in [3.8, 4) is 0 Å². The van der Waals surface area contributed by atoms with Gasteiger partial charge in [-0.25, -0.2) is 0 Å². The molecule has 19 heavy (non-hydrogen) atoms. The van der Waals surface area contributed by atoms with Gasteiger partial charge in [0, 0.05) is 13.1 Å². The van der Waals surface area contributed by atoms with Crippen LogP contribution in [0.4, 0.5) is 13.2 Å². The smallest absolute Gasteiger partial charge is 0.379 e. The van der Waals surface area contributed by atoms with E-state index < -0.39 is 24.2 Å². The maximum absolute atomic E-state index is 12.8.